The quantitative estimate of drug-likeness (QED) is 0.503. The average molecular weight is 403 g/mol. The van der Waals surface area contributed by atoms with E-state index < -0.39 is 0 Å². The van der Waals surface area contributed by atoms with Gasteiger partial charge in [-0.05, 0) is 48.7 Å². The fourth-order valence-corrected chi connectivity index (χ4v) is 5.05. The minimum absolute atomic E-state index is 0.124. The fraction of sp³-hybridized carbons (Fsp3) is 0.261. The topological polar surface area (TPSA) is 51.0 Å². The first-order chi connectivity index (χ1) is 14.3. The number of fused-ring (bicyclic) bond motifs is 1. The van der Waals surface area contributed by atoms with Crippen molar-refractivity contribution in [3.63, 3.8) is 0 Å². The summed E-state index contributed by atoms with van der Waals surface area (Å²) in [6.07, 6.45) is 5.66. The number of carbonyl (C=O) groups is 1. The van der Waals surface area contributed by atoms with Gasteiger partial charge in [-0.15, -0.1) is 11.3 Å². The van der Waals surface area contributed by atoms with Crippen LogP contribution in [0.5, 0.6) is 0 Å². The molecule has 1 amide bonds. The number of amides is 1. The summed E-state index contributed by atoms with van der Waals surface area (Å²) in [5.41, 5.74) is 2.98. The minimum atomic E-state index is 0.124. The van der Waals surface area contributed by atoms with Gasteiger partial charge in [0, 0.05) is 37.0 Å². The Kier molecular flexibility index (Phi) is 4.86. The number of piperidine rings is 1. The lowest BCUT2D eigenvalue weighted by atomic mass is 9.97. The Hall–Kier alpha value is -2.99. The van der Waals surface area contributed by atoms with Crippen LogP contribution in [-0.2, 0) is 6.54 Å². The number of hydrogen-bond donors (Lipinski definition) is 0. The van der Waals surface area contributed by atoms with Crippen molar-refractivity contribution in [2.24, 2.45) is 0 Å². The molecule has 0 N–H and O–H groups in total. The highest BCUT2D eigenvalue weighted by Crippen LogP contribution is 2.34. The van der Waals surface area contributed by atoms with Crippen molar-refractivity contribution in [2.75, 3.05) is 13.1 Å². The van der Waals surface area contributed by atoms with Crippen LogP contribution in [0, 0.1) is 0 Å². The van der Waals surface area contributed by atoms with E-state index in [0.717, 1.165) is 49.1 Å². The van der Waals surface area contributed by atoms with E-state index in [1.54, 1.807) is 17.5 Å². The van der Waals surface area contributed by atoms with Crippen molar-refractivity contribution in [1.29, 1.82) is 0 Å². The van der Waals surface area contributed by atoms with Gasteiger partial charge in [0.15, 0.2) is 0 Å². The van der Waals surface area contributed by atoms with Crippen LogP contribution in [0.3, 0.4) is 0 Å². The standard InChI is InChI=1S/C23H22N4OS/c28-23(19-8-6-17(7-9-19)16-27-13-3-12-24-27)26-14-10-18(11-15-26)22-25-20-4-1-2-5-21(20)29-22/h1-9,12-13,18H,10-11,14-16H2. The summed E-state index contributed by atoms with van der Waals surface area (Å²) < 4.78 is 3.13. The molecule has 4 aromatic rings. The zero-order chi connectivity index (χ0) is 19.6. The third-order valence-electron chi connectivity index (χ3n) is 5.55. The third kappa shape index (κ3) is 3.80. The molecule has 2 aromatic carbocycles. The van der Waals surface area contributed by atoms with Gasteiger partial charge in [-0.25, -0.2) is 4.98 Å². The predicted molar refractivity (Wildman–Crippen MR) is 115 cm³/mol. The van der Waals surface area contributed by atoms with Gasteiger partial charge in [-0.2, -0.15) is 5.10 Å². The molecule has 29 heavy (non-hydrogen) atoms. The van der Waals surface area contributed by atoms with Crippen molar-refractivity contribution < 1.29 is 4.79 Å². The summed E-state index contributed by atoms with van der Waals surface area (Å²) in [4.78, 5) is 19.7. The van der Waals surface area contributed by atoms with E-state index >= 15 is 0 Å². The molecular weight excluding hydrogens is 380 g/mol. The second kappa shape index (κ2) is 7.79. The van der Waals surface area contributed by atoms with Crippen LogP contribution >= 0.6 is 11.3 Å². The highest BCUT2D eigenvalue weighted by Gasteiger charge is 2.26. The first-order valence-corrected chi connectivity index (χ1v) is 10.8. The SMILES string of the molecule is O=C(c1ccc(Cn2cccn2)cc1)N1CCC(c2nc3ccccc3s2)CC1. The second-order valence-electron chi connectivity index (χ2n) is 7.49. The van der Waals surface area contributed by atoms with E-state index in [4.69, 9.17) is 4.98 Å². The number of para-hydroxylation sites is 1. The number of likely N-dealkylation sites (tertiary alicyclic amines) is 1. The fourth-order valence-electron chi connectivity index (χ4n) is 3.91. The Morgan fingerprint density at radius 3 is 2.55 bits per heavy atom. The molecule has 6 heteroatoms. The zero-order valence-electron chi connectivity index (χ0n) is 16.1. The Morgan fingerprint density at radius 2 is 1.83 bits per heavy atom. The van der Waals surface area contributed by atoms with Gasteiger partial charge in [-0.1, -0.05) is 24.3 Å². The van der Waals surface area contributed by atoms with Crippen LogP contribution in [0.4, 0.5) is 0 Å². The monoisotopic (exact) mass is 402 g/mol. The summed E-state index contributed by atoms with van der Waals surface area (Å²) in [5, 5.41) is 5.44. The van der Waals surface area contributed by atoms with Crippen LogP contribution in [0.2, 0.25) is 0 Å². The number of carbonyl (C=O) groups excluding carboxylic acids is 1. The minimum Gasteiger partial charge on any atom is -0.339 e. The molecule has 0 radical (unpaired) electrons. The van der Waals surface area contributed by atoms with E-state index in [1.807, 2.05) is 52.2 Å². The van der Waals surface area contributed by atoms with Crippen molar-refractivity contribution >= 4 is 27.5 Å². The summed E-state index contributed by atoms with van der Waals surface area (Å²) >= 11 is 1.79. The Morgan fingerprint density at radius 1 is 1.03 bits per heavy atom. The smallest absolute Gasteiger partial charge is 0.253 e. The molecule has 0 bridgehead atoms. The van der Waals surface area contributed by atoms with Crippen LogP contribution in [-0.4, -0.2) is 38.7 Å². The first kappa shape index (κ1) is 18.1. The largest absolute Gasteiger partial charge is 0.339 e. The van der Waals surface area contributed by atoms with E-state index in [9.17, 15) is 4.79 Å². The highest BCUT2D eigenvalue weighted by molar-refractivity contribution is 7.18. The van der Waals surface area contributed by atoms with E-state index in [2.05, 4.69) is 23.3 Å². The zero-order valence-corrected chi connectivity index (χ0v) is 16.9. The van der Waals surface area contributed by atoms with Crippen LogP contribution < -0.4 is 0 Å². The molecule has 0 aliphatic carbocycles. The molecule has 1 saturated heterocycles. The number of nitrogens with zero attached hydrogens (tertiary/aromatic N) is 4. The molecule has 1 aliphatic rings. The summed E-state index contributed by atoms with van der Waals surface area (Å²) in [6, 6.07) is 18.1. The molecule has 0 atom stereocenters. The maximum atomic E-state index is 12.9. The average Bonchev–Trinajstić information content (AvgIpc) is 3.43. The molecule has 3 heterocycles. The summed E-state index contributed by atoms with van der Waals surface area (Å²) in [5.74, 6) is 0.575. The van der Waals surface area contributed by atoms with Gasteiger partial charge < -0.3 is 4.90 Å². The van der Waals surface area contributed by atoms with Crippen LogP contribution in [0.15, 0.2) is 67.0 Å². The summed E-state index contributed by atoms with van der Waals surface area (Å²) in [7, 11) is 0. The van der Waals surface area contributed by atoms with Crippen molar-refractivity contribution in [1.82, 2.24) is 19.7 Å². The molecule has 2 aromatic heterocycles. The molecule has 0 saturated carbocycles. The van der Waals surface area contributed by atoms with Gasteiger partial charge in [0.2, 0.25) is 0 Å². The maximum Gasteiger partial charge on any atom is 0.253 e. The number of rotatable bonds is 4. The van der Waals surface area contributed by atoms with Crippen molar-refractivity contribution in [3.8, 4) is 0 Å². The Bertz CT molecular complexity index is 1080. The van der Waals surface area contributed by atoms with E-state index in [-0.39, 0.29) is 5.91 Å². The van der Waals surface area contributed by atoms with Crippen molar-refractivity contribution in [3.05, 3.63) is 83.1 Å². The molecule has 1 aliphatic heterocycles. The van der Waals surface area contributed by atoms with Gasteiger partial charge in [0.25, 0.3) is 5.91 Å². The molecule has 0 unspecified atom stereocenters. The van der Waals surface area contributed by atoms with Gasteiger partial charge >= 0.3 is 0 Å². The molecule has 5 rings (SSSR count). The lowest BCUT2D eigenvalue weighted by molar-refractivity contribution is 0.0713. The molecular formula is C23H22N4OS. The number of aromatic nitrogens is 3. The van der Waals surface area contributed by atoms with Gasteiger partial charge in [-0.3, -0.25) is 9.48 Å². The Labute approximate surface area is 173 Å². The highest BCUT2D eigenvalue weighted by atomic mass is 32.1. The lowest BCUT2D eigenvalue weighted by Crippen LogP contribution is -2.37. The predicted octanol–water partition coefficient (Wildman–Crippen LogP) is 4.56. The van der Waals surface area contributed by atoms with Gasteiger partial charge in [0.05, 0.1) is 21.8 Å². The van der Waals surface area contributed by atoms with E-state index in [1.165, 1.54) is 9.71 Å². The maximum absolute atomic E-state index is 12.9. The van der Waals surface area contributed by atoms with Crippen LogP contribution in [0.25, 0.3) is 10.2 Å². The third-order valence-corrected chi connectivity index (χ3v) is 6.75. The number of thiazole rings is 1. The van der Waals surface area contributed by atoms with Crippen molar-refractivity contribution in [2.45, 2.75) is 25.3 Å². The normalized spacial score (nSPS) is 15.1. The summed E-state index contributed by atoms with van der Waals surface area (Å²) in [6.45, 7) is 2.29. The van der Waals surface area contributed by atoms with Crippen LogP contribution in [0.1, 0.15) is 39.7 Å². The second-order valence-corrected chi connectivity index (χ2v) is 8.55. The molecule has 0 spiro atoms. The number of hydrogen-bond acceptors (Lipinski definition) is 4. The first-order valence-electron chi connectivity index (χ1n) is 9.97. The lowest BCUT2D eigenvalue weighted by Gasteiger charge is -2.31. The van der Waals surface area contributed by atoms with E-state index in [0.29, 0.717) is 5.92 Å². The molecule has 1 fully saturated rings. The molecule has 146 valence electrons. The Balaban J connectivity index is 1.21. The number of benzene rings is 2. The molecule has 5 nitrogen and oxygen atoms in total. The van der Waals surface area contributed by atoms with Gasteiger partial charge in [0.1, 0.15) is 0 Å².